The van der Waals surface area contributed by atoms with E-state index in [-0.39, 0.29) is 11.5 Å². The zero-order valence-corrected chi connectivity index (χ0v) is 16.1. The fourth-order valence-electron chi connectivity index (χ4n) is 2.82. The number of fused-ring (bicyclic) bond motifs is 1. The first-order valence-corrected chi connectivity index (χ1v) is 9.61. The molecule has 2 heterocycles. The number of hydrogen-bond donors (Lipinski definition) is 1. The van der Waals surface area contributed by atoms with Crippen LogP contribution in [-0.4, -0.2) is 27.8 Å². The third kappa shape index (κ3) is 4.19. The van der Waals surface area contributed by atoms with Gasteiger partial charge in [-0.25, -0.2) is 4.98 Å². The lowest BCUT2D eigenvalue weighted by molar-refractivity contribution is -0.130. The van der Waals surface area contributed by atoms with Crippen molar-refractivity contribution in [2.24, 2.45) is 0 Å². The summed E-state index contributed by atoms with van der Waals surface area (Å²) in [6.07, 6.45) is 1.14. The van der Waals surface area contributed by atoms with E-state index in [0.29, 0.717) is 41.3 Å². The van der Waals surface area contributed by atoms with Crippen molar-refractivity contribution in [3.63, 3.8) is 0 Å². The van der Waals surface area contributed by atoms with Gasteiger partial charge in [-0.15, -0.1) is 11.3 Å². The summed E-state index contributed by atoms with van der Waals surface area (Å²) in [4.78, 5) is 33.2. The van der Waals surface area contributed by atoms with Gasteiger partial charge in [0.05, 0.1) is 12.1 Å². The molecule has 136 valence electrons. The smallest absolute Gasteiger partial charge is 0.268 e. The van der Waals surface area contributed by atoms with Crippen molar-refractivity contribution in [1.82, 2.24) is 14.9 Å². The molecule has 3 aromatic rings. The maximum absolute atomic E-state index is 12.4. The number of thiophene rings is 1. The van der Waals surface area contributed by atoms with E-state index in [0.717, 1.165) is 5.56 Å². The van der Waals surface area contributed by atoms with E-state index < -0.39 is 0 Å². The zero-order chi connectivity index (χ0) is 18.7. The molecule has 0 atom stereocenters. The van der Waals surface area contributed by atoms with Crippen molar-refractivity contribution >= 4 is 27.5 Å². The van der Waals surface area contributed by atoms with Crippen molar-refractivity contribution in [3.8, 4) is 0 Å². The van der Waals surface area contributed by atoms with Gasteiger partial charge >= 0.3 is 0 Å². The van der Waals surface area contributed by atoms with Crippen molar-refractivity contribution < 1.29 is 4.79 Å². The van der Waals surface area contributed by atoms with Crippen LogP contribution >= 0.6 is 11.3 Å². The number of aromatic amines is 1. The van der Waals surface area contributed by atoms with Crippen LogP contribution < -0.4 is 5.56 Å². The second-order valence-corrected chi connectivity index (χ2v) is 7.71. The molecule has 26 heavy (non-hydrogen) atoms. The maximum Gasteiger partial charge on any atom is 0.268 e. The van der Waals surface area contributed by atoms with Crippen molar-refractivity contribution in [1.29, 1.82) is 0 Å². The Morgan fingerprint density at radius 3 is 2.65 bits per heavy atom. The Bertz CT molecular complexity index is 957. The maximum atomic E-state index is 12.4. The van der Waals surface area contributed by atoms with E-state index in [4.69, 9.17) is 0 Å². The van der Waals surface area contributed by atoms with Crippen LogP contribution in [0, 0.1) is 0 Å². The number of H-pyrrole nitrogens is 1. The molecule has 0 spiro atoms. The molecule has 0 unspecified atom stereocenters. The van der Waals surface area contributed by atoms with Gasteiger partial charge in [0.15, 0.2) is 0 Å². The van der Waals surface area contributed by atoms with Gasteiger partial charge in [-0.2, -0.15) is 0 Å². The lowest BCUT2D eigenvalue weighted by atomic mass is 10.0. The van der Waals surface area contributed by atoms with E-state index in [9.17, 15) is 9.59 Å². The topological polar surface area (TPSA) is 66.1 Å². The highest BCUT2D eigenvalue weighted by Crippen LogP contribution is 2.16. The molecule has 0 aliphatic heterocycles. The Hall–Kier alpha value is -2.47. The minimum atomic E-state index is -0.147. The van der Waals surface area contributed by atoms with Gasteiger partial charge in [-0.1, -0.05) is 38.1 Å². The Morgan fingerprint density at radius 1 is 1.23 bits per heavy atom. The zero-order valence-electron chi connectivity index (χ0n) is 15.3. The summed E-state index contributed by atoms with van der Waals surface area (Å²) in [5.74, 6) is 1.05. The van der Waals surface area contributed by atoms with Gasteiger partial charge in [-0.3, -0.25) is 9.59 Å². The number of aromatic nitrogens is 2. The second-order valence-electron chi connectivity index (χ2n) is 6.79. The first-order chi connectivity index (χ1) is 12.4. The van der Waals surface area contributed by atoms with Crippen LogP contribution in [0.5, 0.6) is 0 Å². The second kappa shape index (κ2) is 7.83. The Balaban J connectivity index is 1.59. The van der Waals surface area contributed by atoms with Crippen molar-refractivity contribution in [2.75, 3.05) is 7.05 Å². The number of rotatable bonds is 6. The van der Waals surface area contributed by atoms with E-state index in [2.05, 4.69) is 48.1 Å². The Labute approximate surface area is 156 Å². The summed E-state index contributed by atoms with van der Waals surface area (Å²) >= 11 is 1.37. The minimum absolute atomic E-state index is 0.0333. The molecule has 1 N–H and O–H groups in total. The number of aryl methyl sites for hydroxylation is 1. The van der Waals surface area contributed by atoms with Gasteiger partial charge in [-0.05, 0) is 34.9 Å². The predicted octanol–water partition coefficient (Wildman–Crippen LogP) is 3.70. The van der Waals surface area contributed by atoms with Gasteiger partial charge in [0.25, 0.3) is 5.56 Å². The number of nitrogens with zero attached hydrogens (tertiary/aromatic N) is 2. The summed E-state index contributed by atoms with van der Waals surface area (Å²) in [6, 6.07) is 10.2. The first-order valence-electron chi connectivity index (χ1n) is 8.73. The molecule has 0 fully saturated rings. The average molecular weight is 369 g/mol. The third-order valence-electron chi connectivity index (χ3n) is 4.45. The monoisotopic (exact) mass is 369 g/mol. The number of carbonyl (C=O) groups excluding carboxylic acids is 1. The van der Waals surface area contributed by atoms with E-state index in [1.54, 1.807) is 11.9 Å². The van der Waals surface area contributed by atoms with Crippen LogP contribution in [0.4, 0.5) is 0 Å². The van der Waals surface area contributed by atoms with Crippen LogP contribution in [-0.2, 0) is 17.8 Å². The quantitative estimate of drug-likeness (QED) is 0.720. The van der Waals surface area contributed by atoms with Gasteiger partial charge in [0.1, 0.15) is 10.5 Å². The van der Waals surface area contributed by atoms with Crippen LogP contribution in [0.2, 0.25) is 0 Å². The minimum Gasteiger partial charge on any atom is -0.338 e. The molecule has 6 heteroatoms. The molecule has 1 aromatic carbocycles. The normalized spacial score (nSPS) is 11.2. The number of nitrogens with one attached hydrogen (secondary N) is 1. The molecule has 3 rings (SSSR count). The summed E-state index contributed by atoms with van der Waals surface area (Å²) in [6.45, 7) is 4.63. The number of benzene rings is 1. The van der Waals surface area contributed by atoms with Crippen molar-refractivity contribution in [2.45, 2.75) is 39.2 Å². The Morgan fingerprint density at radius 2 is 1.96 bits per heavy atom. The molecule has 0 saturated heterocycles. The molecule has 5 nitrogen and oxygen atoms in total. The molecule has 2 aromatic heterocycles. The van der Waals surface area contributed by atoms with Crippen molar-refractivity contribution in [3.05, 3.63) is 63.0 Å². The van der Waals surface area contributed by atoms with Crippen LogP contribution in [0.1, 0.15) is 43.1 Å². The van der Waals surface area contributed by atoms with Crippen LogP contribution in [0.25, 0.3) is 10.2 Å². The van der Waals surface area contributed by atoms with Crippen LogP contribution in [0.15, 0.2) is 40.5 Å². The summed E-state index contributed by atoms with van der Waals surface area (Å²) in [5.41, 5.74) is 2.99. The molecule has 0 aliphatic rings. The summed E-state index contributed by atoms with van der Waals surface area (Å²) in [7, 11) is 1.74. The molecule has 0 radical (unpaired) electrons. The number of carbonyl (C=O) groups is 1. The molecule has 0 aliphatic carbocycles. The van der Waals surface area contributed by atoms with Gasteiger partial charge in [0.2, 0.25) is 5.91 Å². The standard InChI is InChI=1S/C20H23N3O2S/c1-13(2)15-7-4-14(5-8-15)6-9-18(24)23(3)12-17-21-16-10-11-26-19(16)20(25)22-17/h4-5,7-8,10-11,13H,6,9,12H2,1-3H3,(H,21,22,25). The van der Waals surface area contributed by atoms with E-state index in [1.165, 1.54) is 16.9 Å². The lowest BCUT2D eigenvalue weighted by Crippen LogP contribution is -2.28. The number of hydrogen-bond acceptors (Lipinski definition) is 4. The van der Waals surface area contributed by atoms with Crippen LogP contribution in [0.3, 0.4) is 0 Å². The fourth-order valence-corrected chi connectivity index (χ4v) is 3.55. The van der Waals surface area contributed by atoms with Gasteiger partial charge in [0, 0.05) is 13.5 Å². The first kappa shape index (κ1) is 18.3. The summed E-state index contributed by atoms with van der Waals surface area (Å²) in [5, 5.41) is 1.84. The molecule has 0 bridgehead atoms. The fraction of sp³-hybridized carbons (Fsp3) is 0.350. The highest BCUT2D eigenvalue weighted by Gasteiger charge is 2.12. The Kier molecular flexibility index (Phi) is 5.52. The number of amides is 1. The largest absolute Gasteiger partial charge is 0.338 e. The predicted molar refractivity (Wildman–Crippen MR) is 106 cm³/mol. The molecular formula is C20H23N3O2S. The van der Waals surface area contributed by atoms with E-state index >= 15 is 0 Å². The molecule has 1 amide bonds. The SMILES string of the molecule is CC(C)c1ccc(CCC(=O)N(C)Cc2nc3ccsc3c(=O)[nH]2)cc1. The molecular weight excluding hydrogens is 346 g/mol. The third-order valence-corrected chi connectivity index (χ3v) is 5.35. The summed E-state index contributed by atoms with van der Waals surface area (Å²) < 4.78 is 0.618. The molecule has 0 saturated carbocycles. The highest BCUT2D eigenvalue weighted by atomic mass is 32.1. The van der Waals surface area contributed by atoms with Gasteiger partial charge < -0.3 is 9.88 Å². The average Bonchev–Trinajstić information content (AvgIpc) is 3.09. The lowest BCUT2D eigenvalue weighted by Gasteiger charge is -2.16. The highest BCUT2D eigenvalue weighted by molar-refractivity contribution is 7.17. The van der Waals surface area contributed by atoms with E-state index in [1.807, 2.05) is 11.4 Å².